The Bertz CT molecular complexity index is 642. The van der Waals surface area contributed by atoms with Gasteiger partial charge in [0.25, 0.3) is 0 Å². The minimum absolute atomic E-state index is 0.00651. The minimum Gasteiger partial charge on any atom is -0.462 e. The van der Waals surface area contributed by atoms with Crippen LogP contribution in [0, 0.1) is 0 Å². The van der Waals surface area contributed by atoms with Crippen LogP contribution in [0.3, 0.4) is 0 Å². The van der Waals surface area contributed by atoms with Crippen LogP contribution < -0.4 is 5.32 Å². The third-order valence-corrected chi connectivity index (χ3v) is 4.18. The summed E-state index contributed by atoms with van der Waals surface area (Å²) in [6, 6.07) is 0.277. The smallest absolute Gasteiger partial charge is 0.343 e. The first-order valence-corrected chi connectivity index (χ1v) is 7.76. The summed E-state index contributed by atoms with van der Waals surface area (Å²) >= 11 is 17.6. The highest BCUT2D eigenvalue weighted by atomic mass is 35.5. The van der Waals surface area contributed by atoms with Crippen molar-refractivity contribution >= 4 is 46.6 Å². The molecule has 0 bridgehead atoms. The molecule has 2 rings (SSSR count). The lowest BCUT2D eigenvalue weighted by atomic mass is 10.1. The molecule has 0 aromatic carbocycles. The highest BCUT2D eigenvalue weighted by Crippen LogP contribution is 2.32. The Morgan fingerprint density at radius 1 is 1.36 bits per heavy atom. The SMILES string of the molecule is CCOC(=O)C(=CNC1CC1)C(=O)c1cnc(Cl)c(Cl)c1Cl. The first kappa shape index (κ1) is 17.1. The van der Waals surface area contributed by atoms with Crippen molar-refractivity contribution in [1.82, 2.24) is 10.3 Å². The van der Waals surface area contributed by atoms with E-state index in [0.29, 0.717) is 0 Å². The predicted octanol–water partition coefficient (Wildman–Crippen LogP) is 3.42. The topological polar surface area (TPSA) is 68.3 Å². The molecular weight excluding hydrogens is 351 g/mol. The van der Waals surface area contributed by atoms with E-state index in [0.717, 1.165) is 12.8 Å². The molecule has 0 aliphatic heterocycles. The van der Waals surface area contributed by atoms with Gasteiger partial charge in [-0.15, -0.1) is 0 Å². The molecule has 0 spiro atoms. The number of pyridine rings is 1. The number of rotatable bonds is 6. The Kier molecular flexibility index (Phi) is 5.67. The van der Waals surface area contributed by atoms with Crippen molar-refractivity contribution in [3.05, 3.63) is 38.7 Å². The molecule has 22 heavy (non-hydrogen) atoms. The Morgan fingerprint density at radius 2 is 2.05 bits per heavy atom. The molecule has 1 saturated carbocycles. The lowest BCUT2D eigenvalue weighted by Gasteiger charge is -2.09. The first-order chi connectivity index (χ1) is 10.5. The fourth-order valence-electron chi connectivity index (χ4n) is 1.62. The molecule has 118 valence electrons. The van der Waals surface area contributed by atoms with Gasteiger partial charge in [-0.25, -0.2) is 9.78 Å². The number of Topliss-reactive ketones (excluding diaryl/α,β-unsaturated/α-hetero) is 1. The number of ketones is 1. The molecule has 1 aromatic rings. The number of aromatic nitrogens is 1. The zero-order valence-electron chi connectivity index (χ0n) is 11.7. The second-order valence-electron chi connectivity index (χ2n) is 4.64. The molecule has 0 radical (unpaired) electrons. The molecule has 8 heteroatoms. The average Bonchev–Trinajstić information content (AvgIpc) is 3.29. The van der Waals surface area contributed by atoms with Crippen LogP contribution >= 0.6 is 34.8 Å². The van der Waals surface area contributed by atoms with Gasteiger partial charge < -0.3 is 10.1 Å². The van der Waals surface area contributed by atoms with Crippen LogP contribution in [0.4, 0.5) is 0 Å². The summed E-state index contributed by atoms with van der Waals surface area (Å²) in [5, 5.41) is 2.89. The molecule has 1 aromatic heterocycles. The summed E-state index contributed by atoms with van der Waals surface area (Å²) in [5.74, 6) is -1.36. The lowest BCUT2D eigenvalue weighted by Crippen LogP contribution is -2.21. The monoisotopic (exact) mass is 362 g/mol. The summed E-state index contributed by atoms with van der Waals surface area (Å²) in [5.41, 5.74) is -0.163. The molecule has 0 amide bonds. The van der Waals surface area contributed by atoms with Crippen LogP contribution in [0.5, 0.6) is 0 Å². The molecule has 1 aliphatic rings. The number of hydrogen-bond acceptors (Lipinski definition) is 5. The van der Waals surface area contributed by atoms with E-state index in [9.17, 15) is 9.59 Å². The zero-order chi connectivity index (χ0) is 16.3. The van der Waals surface area contributed by atoms with Gasteiger partial charge in [0.2, 0.25) is 5.78 Å². The van der Waals surface area contributed by atoms with Gasteiger partial charge in [0, 0.05) is 18.4 Å². The maximum absolute atomic E-state index is 12.5. The Balaban J connectivity index is 2.34. The highest BCUT2D eigenvalue weighted by Gasteiger charge is 2.27. The second kappa shape index (κ2) is 7.31. The summed E-state index contributed by atoms with van der Waals surface area (Å²) in [6.45, 7) is 1.81. The normalized spacial score (nSPS) is 14.6. The number of carbonyl (C=O) groups excluding carboxylic acids is 2. The van der Waals surface area contributed by atoms with E-state index in [-0.39, 0.29) is 39.0 Å². The van der Waals surface area contributed by atoms with E-state index in [1.54, 1.807) is 6.92 Å². The fraction of sp³-hybridized carbons (Fsp3) is 0.357. The van der Waals surface area contributed by atoms with Crippen molar-refractivity contribution in [2.24, 2.45) is 0 Å². The number of esters is 1. The highest BCUT2D eigenvalue weighted by molar-refractivity contribution is 6.49. The van der Waals surface area contributed by atoms with Gasteiger partial charge in [0.15, 0.2) is 0 Å². The first-order valence-electron chi connectivity index (χ1n) is 6.63. The van der Waals surface area contributed by atoms with Gasteiger partial charge in [0.05, 0.1) is 22.2 Å². The summed E-state index contributed by atoms with van der Waals surface area (Å²) < 4.78 is 4.90. The second-order valence-corrected chi connectivity index (χ2v) is 5.75. The third-order valence-electron chi connectivity index (χ3n) is 2.94. The van der Waals surface area contributed by atoms with E-state index < -0.39 is 11.8 Å². The molecule has 0 saturated heterocycles. The van der Waals surface area contributed by atoms with Crippen molar-refractivity contribution < 1.29 is 14.3 Å². The Morgan fingerprint density at radius 3 is 2.64 bits per heavy atom. The van der Waals surface area contributed by atoms with E-state index in [4.69, 9.17) is 39.5 Å². The predicted molar refractivity (Wildman–Crippen MR) is 84.5 cm³/mol. The van der Waals surface area contributed by atoms with Crippen molar-refractivity contribution in [2.75, 3.05) is 6.61 Å². The Hall–Kier alpha value is -1.30. The van der Waals surface area contributed by atoms with Crippen molar-refractivity contribution in [3.8, 4) is 0 Å². The summed E-state index contributed by atoms with van der Waals surface area (Å²) in [7, 11) is 0. The van der Waals surface area contributed by atoms with Crippen LogP contribution in [0.1, 0.15) is 30.1 Å². The third kappa shape index (κ3) is 3.91. The number of carbonyl (C=O) groups is 2. The van der Waals surface area contributed by atoms with Gasteiger partial charge in [-0.1, -0.05) is 34.8 Å². The largest absolute Gasteiger partial charge is 0.462 e. The van der Waals surface area contributed by atoms with Crippen LogP contribution in [0.25, 0.3) is 0 Å². The van der Waals surface area contributed by atoms with Crippen molar-refractivity contribution in [3.63, 3.8) is 0 Å². The molecule has 1 heterocycles. The number of nitrogens with one attached hydrogen (secondary N) is 1. The summed E-state index contributed by atoms with van der Waals surface area (Å²) in [4.78, 5) is 28.3. The number of ether oxygens (including phenoxy) is 1. The molecule has 1 fully saturated rings. The van der Waals surface area contributed by atoms with E-state index in [1.165, 1.54) is 12.4 Å². The van der Waals surface area contributed by atoms with Gasteiger partial charge in [-0.2, -0.15) is 0 Å². The van der Waals surface area contributed by atoms with E-state index in [2.05, 4.69) is 10.3 Å². The maximum Gasteiger partial charge on any atom is 0.343 e. The van der Waals surface area contributed by atoms with Gasteiger partial charge in [-0.05, 0) is 19.8 Å². The van der Waals surface area contributed by atoms with Crippen LogP contribution in [-0.4, -0.2) is 29.4 Å². The van der Waals surface area contributed by atoms with E-state index in [1.807, 2.05) is 0 Å². The maximum atomic E-state index is 12.5. The van der Waals surface area contributed by atoms with Crippen molar-refractivity contribution in [1.29, 1.82) is 0 Å². The van der Waals surface area contributed by atoms with E-state index >= 15 is 0 Å². The van der Waals surface area contributed by atoms with Gasteiger partial charge >= 0.3 is 5.97 Å². The van der Waals surface area contributed by atoms with Crippen LogP contribution in [0.2, 0.25) is 15.2 Å². The molecule has 0 unspecified atom stereocenters. The minimum atomic E-state index is -0.734. The molecule has 1 N–H and O–H groups in total. The quantitative estimate of drug-likeness (QED) is 0.209. The lowest BCUT2D eigenvalue weighted by molar-refractivity contribution is -0.138. The van der Waals surface area contributed by atoms with Gasteiger partial charge in [-0.3, -0.25) is 4.79 Å². The summed E-state index contributed by atoms with van der Waals surface area (Å²) in [6.07, 6.45) is 4.53. The van der Waals surface area contributed by atoms with Gasteiger partial charge in [0.1, 0.15) is 10.7 Å². The number of hydrogen-bond donors (Lipinski definition) is 1. The zero-order valence-corrected chi connectivity index (χ0v) is 13.9. The molecular formula is C14H13Cl3N2O3. The van der Waals surface area contributed by atoms with Crippen LogP contribution in [0.15, 0.2) is 18.0 Å². The van der Waals surface area contributed by atoms with Crippen LogP contribution in [-0.2, 0) is 9.53 Å². The molecule has 5 nitrogen and oxygen atoms in total. The van der Waals surface area contributed by atoms with Crippen molar-refractivity contribution in [2.45, 2.75) is 25.8 Å². The molecule has 0 atom stereocenters. The fourth-order valence-corrected chi connectivity index (χ4v) is 2.19. The molecule has 1 aliphatic carbocycles. The number of halogens is 3. The average molecular weight is 364 g/mol. The number of nitrogens with zero attached hydrogens (tertiary/aromatic N) is 1. The Labute approximate surface area is 142 Å². The standard InChI is InChI=1S/C14H13Cl3N2O3/c1-2-22-14(21)9(6-18-7-3-4-7)12(20)8-5-19-13(17)11(16)10(8)15/h5-7,18H,2-4H2,1H3.